The quantitative estimate of drug-likeness (QED) is 0.496. The van der Waals surface area contributed by atoms with Crippen molar-refractivity contribution in [3.63, 3.8) is 0 Å². The first-order chi connectivity index (χ1) is 14.3. The van der Waals surface area contributed by atoms with Crippen LogP contribution in [-0.4, -0.2) is 11.6 Å². The van der Waals surface area contributed by atoms with Crippen molar-refractivity contribution in [1.82, 2.24) is 5.32 Å². The average molecular weight is 400 g/mol. The van der Waals surface area contributed by atoms with Gasteiger partial charge in [0.2, 0.25) is 0 Å². The highest BCUT2D eigenvalue weighted by molar-refractivity contribution is 6.08. The molecule has 3 heteroatoms. The molecular weight excluding hydrogens is 370 g/mol. The summed E-state index contributed by atoms with van der Waals surface area (Å²) in [6, 6.07) is 25.0. The van der Waals surface area contributed by atoms with E-state index in [-0.39, 0.29) is 23.0 Å². The molecule has 0 aliphatic rings. The van der Waals surface area contributed by atoms with Crippen LogP contribution in [0.1, 0.15) is 71.1 Å². The van der Waals surface area contributed by atoms with E-state index in [1.807, 2.05) is 99.6 Å². The fourth-order valence-electron chi connectivity index (χ4n) is 3.28. The second kappa shape index (κ2) is 9.19. The number of rotatable bonds is 7. The molecule has 0 saturated carbocycles. The van der Waals surface area contributed by atoms with Gasteiger partial charge < -0.3 is 5.32 Å². The Hall–Kier alpha value is -3.04. The SMILES string of the molecule is CC(NCc1ccc(C(=O)c2ccccc2)cc1)c1ccc(C(=O)C(C)(C)C)cc1. The van der Waals surface area contributed by atoms with Crippen LogP contribution in [0.25, 0.3) is 0 Å². The van der Waals surface area contributed by atoms with Crippen molar-refractivity contribution >= 4 is 11.6 Å². The predicted octanol–water partition coefficient (Wildman–Crippen LogP) is 6.00. The number of ketones is 2. The molecule has 30 heavy (non-hydrogen) atoms. The zero-order valence-electron chi connectivity index (χ0n) is 18.1. The summed E-state index contributed by atoms with van der Waals surface area (Å²) in [7, 11) is 0. The van der Waals surface area contributed by atoms with E-state index in [1.54, 1.807) is 0 Å². The highest BCUT2D eigenvalue weighted by atomic mass is 16.1. The Morgan fingerprint density at radius 3 is 1.87 bits per heavy atom. The van der Waals surface area contributed by atoms with Crippen LogP contribution in [0.15, 0.2) is 78.9 Å². The zero-order valence-corrected chi connectivity index (χ0v) is 18.1. The minimum atomic E-state index is -0.376. The lowest BCUT2D eigenvalue weighted by Gasteiger charge is -2.18. The maximum atomic E-state index is 12.5. The van der Waals surface area contributed by atoms with E-state index in [0.29, 0.717) is 17.7 Å². The van der Waals surface area contributed by atoms with Gasteiger partial charge in [-0.05, 0) is 18.1 Å². The van der Waals surface area contributed by atoms with E-state index in [4.69, 9.17) is 0 Å². The van der Waals surface area contributed by atoms with Crippen LogP contribution in [-0.2, 0) is 6.54 Å². The Bertz CT molecular complexity index is 997. The number of nitrogens with one attached hydrogen (secondary N) is 1. The monoisotopic (exact) mass is 399 g/mol. The highest BCUT2D eigenvalue weighted by Crippen LogP contribution is 2.22. The first-order valence-electron chi connectivity index (χ1n) is 10.3. The summed E-state index contributed by atoms with van der Waals surface area (Å²) >= 11 is 0. The molecule has 3 rings (SSSR count). The number of hydrogen-bond donors (Lipinski definition) is 1. The molecule has 0 radical (unpaired) electrons. The van der Waals surface area contributed by atoms with Crippen molar-refractivity contribution in [2.24, 2.45) is 5.41 Å². The fourth-order valence-corrected chi connectivity index (χ4v) is 3.28. The van der Waals surface area contributed by atoms with Gasteiger partial charge in [-0.15, -0.1) is 0 Å². The lowest BCUT2D eigenvalue weighted by atomic mass is 9.86. The summed E-state index contributed by atoms with van der Waals surface area (Å²) in [4.78, 5) is 24.9. The molecule has 3 nitrogen and oxygen atoms in total. The smallest absolute Gasteiger partial charge is 0.193 e. The van der Waals surface area contributed by atoms with Crippen LogP contribution in [0.4, 0.5) is 0 Å². The summed E-state index contributed by atoms with van der Waals surface area (Å²) in [5, 5.41) is 3.50. The van der Waals surface area contributed by atoms with Crippen molar-refractivity contribution < 1.29 is 9.59 Å². The molecule has 0 aromatic heterocycles. The van der Waals surface area contributed by atoms with Gasteiger partial charge in [0, 0.05) is 34.7 Å². The molecule has 1 N–H and O–H groups in total. The van der Waals surface area contributed by atoms with Crippen LogP contribution < -0.4 is 5.32 Å². The molecule has 0 bridgehead atoms. The first-order valence-corrected chi connectivity index (χ1v) is 10.3. The standard InChI is InChI=1S/C27H29NO2/c1-19(21-14-16-24(17-15-21)26(30)27(2,3)4)28-18-20-10-12-23(13-11-20)25(29)22-8-6-5-7-9-22/h5-17,19,28H,18H2,1-4H3. The molecular formula is C27H29NO2. The maximum Gasteiger partial charge on any atom is 0.193 e. The van der Waals surface area contributed by atoms with Gasteiger partial charge >= 0.3 is 0 Å². The molecule has 3 aromatic rings. The van der Waals surface area contributed by atoms with E-state index in [2.05, 4.69) is 12.2 Å². The van der Waals surface area contributed by atoms with Crippen molar-refractivity contribution in [2.45, 2.75) is 40.3 Å². The van der Waals surface area contributed by atoms with Crippen molar-refractivity contribution in [1.29, 1.82) is 0 Å². The van der Waals surface area contributed by atoms with E-state index < -0.39 is 0 Å². The second-order valence-electron chi connectivity index (χ2n) is 8.70. The fraction of sp³-hybridized carbons (Fsp3) is 0.259. The van der Waals surface area contributed by atoms with Crippen LogP contribution in [0.3, 0.4) is 0 Å². The number of benzene rings is 3. The van der Waals surface area contributed by atoms with Gasteiger partial charge in [0.15, 0.2) is 11.6 Å². The minimum absolute atomic E-state index is 0.0355. The summed E-state index contributed by atoms with van der Waals surface area (Å²) < 4.78 is 0. The third-order valence-electron chi connectivity index (χ3n) is 5.22. The lowest BCUT2D eigenvalue weighted by Crippen LogP contribution is -2.21. The largest absolute Gasteiger partial charge is 0.306 e. The van der Waals surface area contributed by atoms with Gasteiger partial charge in [-0.1, -0.05) is 99.6 Å². The number of Topliss-reactive ketones (excluding diaryl/α,β-unsaturated/α-hetero) is 1. The highest BCUT2D eigenvalue weighted by Gasteiger charge is 2.22. The third kappa shape index (κ3) is 5.31. The number of carbonyl (C=O) groups is 2. The Morgan fingerprint density at radius 1 is 0.767 bits per heavy atom. The molecule has 0 aliphatic carbocycles. The van der Waals surface area contributed by atoms with E-state index in [0.717, 1.165) is 16.7 Å². The molecule has 1 atom stereocenters. The van der Waals surface area contributed by atoms with Gasteiger partial charge in [0.1, 0.15) is 0 Å². The average Bonchev–Trinajstić information content (AvgIpc) is 2.77. The third-order valence-corrected chi connectivity index (χ3v) is 5.22. The molecule has 3 aromatic carbocycles. The molecule has 0 aliphatic heterocycles. The normalized spacial score (nSPS) is 12.4. The Kier molecular flexibility index (Phi) is 6.63. The summed E-state index contributed by atoms with van der Waals surface area (Å²) in [6.45, 7) is 8.61. The topological polar surface area (TPSA) is 46.2 Å². The molecule has 0 saturated heterocycles. The van der Waals surface area contributed by atoms with Crippen LogP contribution in [0.5, 0.6) is 0 Å². The van der Waals surface area contributed by atoms with Gasteiger partial charge in [-0.25, -0.2) is 0 Å². The summed E-state index contributed by atoms with van der Waals surface area (Å²) in [5.41, 5.74) is 4.02. The van der Waals surface area contributed by atoms with Crippen molar-refractivity contribution in [3.05, 3.63) is 107 Å². The Morgan fingerprint density at radius 2 is 1.30 bits per heavy atom. The van der Waals surface area contributed by atoms with Crippen molar-refractivity contribution in [2.75, 3.05) is 0 Å². The Balaban J connectivity index is 1.59. The van der Waals surface area contributed by atoms with E-state index in [9.17, 15) is 9.59 Å². The van der Waals surface area contributed by atoms with E-state index in [1.165, 1.54) is 0 Å². The molecule has 0 spiro atoms. The van der Waals surface area contributed by atoms with Gasteiger partial charge in [0.05, 0.1) is 0 Å². The predicted molar refractivity (Wildman–Crippen MR) is 122 cm³/mol. The van der Waals surface area contributed by atoms with Crippen molar-refractivity contribution in [3.8, 4) is 0 Å². The molecule has 0 heterocycles. The van der Waals surface area contributed by atoms with Gasteiger partial charge in [0.25, 0.3) is 0 Å². The maximum absolute atomic E-state index is 12.5. The van der Waals surface area contributed by atoms with Crippen LogP contribution >= 0.6 is 0 Å². The van der Waals surface area contributed by atoms with E-state index >= 15 is 0 Å². The van der Waals surface area contributed by atoms with Gasteiger partial charge in [-0.3, -0.25) is 9.59 Å². The summed E-state index contributed by atoms with van der Waals surface area (Å²) in [6.07, 6.45) is 0. The van der Waals surface area contributed by atoms with Gasteiger partial charge in [-0.2, -0.15) is 0 Å². The number of carbonyl (C=O) groups excluding carboxylic acids is 2. The Labute approximate surface area is 179 Å². The zero-order chi connectivity index (χ0) is 21.7. The van der Waals surface area contributed by atoms with Crippen LogP contribution in [0.2, 0.25) is 0 Å². The molecule has 0 amide bonds. The second-order valence-corrected chi connectivity index (χ2v) is 8.70. The number of hydrogen-bond acceptors (Lipinski definition) is 3. The lowest BCUT2D eigenvalue weighted by molar-refractivity contribution is 0.0858. The minimum Gasteiger partial charge on any atom is -0.306 e. The molecule has 154 valence electrons. The van der Waals surface area contributed by atoms with Crippen LogP contribution in [0, 0.1) is 5.41 Å². The first kappa shape index (κ1) is 21.7. The molecule has 0 fully saturated rings. The molecule has 1 unspecified atom stereocenters. The summed E-state index contributed by atoms with van der Waals surface area (Å²) in [5.74, 6) is 0.188.